The van der Waals surface area contributed by atoms with Crippen molar-refractivity contribution in [3.8, 4) is 11.1 Å². The lowest BCUT2D eigenvalue weighted by Crippen LogP contribution is -2.52. The fourth-order valence-corrected chi connectivity index (χ4v) is 4.34. The maximum absolute atomic E-state index is 13.3. The molecule has 0 radical (unpaired) electrons. The van der Waals surface area contributed by atoms with Crippen molar-refractivity contribution >= 4 is 11.8 Å². The van der Waals surface area contributed by atoms with Gasteiger partial charge in [-0.15, -0.1) is 0 Å². The third kappa shape index (κ3) is 4.72. The average molecular weight is 408 g/mol. The Hall–Kier alpha value is -2.69. The van der Waals surface area contributed by atoms with Gasteiger partial charge in [0.1, 0.15) is 0 Å². The molecule has 5 nitrogen and oxygen atoms in total. The van der Waals surface area contributed by atoms with Gasteiger partial charge < -0.3 is 9.80 Å². The van der Waals surface area contributed by atoms with Gasteiger partial charge in [-0.1, -0.05) is 51.1 Å². The number of likely N-dealkylation sites (tertiary alicyclic amines) is 1. The van der Waals surface area contributed by atoms with Crippen LogP contribution in [-0.4, -0.2) is 53.8 Å². The summed E-state index contributed by atoms with van der Waals surface area (Å²) in [4.78, 5) is 33.8. The van der Waals surface area contributed by atoms with Gasteiger partial charge in [0.25, 0.3) is 0 Å². The van der Waals surface area contributed by atoms with Gasteiger partial charge in [-0.05, 0) is 42.0 Å². The fourth-order valence-electron chi connectivity index (χ4n) is 4.34. The molecule has 0 atom stereocenters. The molecule has 1 aliphatic heterocycles. The van der Waals surface area contributed by atoms with E-state index in [0.717, 1.165) is 16.7 Å². The number of nitrogens with zero attached hydrogens (tertiary/aromatic N) is 3. The number of aromatic nitrogens is 1. The van der Waals surface area contributed by atoms with Gasteiger partial charge in [0, 0.05) is 45.0 Å². The number of rotatable bonds is 4. The molecule has 1 aromatic heterocycles. The van der Waals surface area contributed by atoms with E-state index in [2.05, 4.69) is 23.2 Å². The highest BCUT2D eigenvalue weighted by Crippen LogP contribution is 2.38. The van der Waals surface area contributed by atoms with Crippen molar-refractivity contribution in [1.29, 1.82) is 0 Å². The van der Waals surface area contributed by atoms with Crippen LogP contribution >= 0.6 is 0 Å². The lowest BCUT2D eigenvalue weighted by atomic mass is 9.72. The van der Waals surface area contributed by atoms with E-state index >= 15 is 0 Å². The lowest BCUT2D eigenvalue weighted by Gasteiger charge is -2.43. The summed E-state index contributed by atoms with van der Waals surface area (Å²) in [7, 11) is 3.64. The maximum Gasteiger partial charge on any atom is 0.228 e. The van der Waals surface area contributed by atoms with Crippen molar-refractivity contribution in [2.45, 2.75) is 40.0 Å². The molecule has 2 amide bonds. The van der Waals surface area contributed by atoms with Crippen molar-refractivity contribution in [2.75, 3.05) is 27.2 Å². The van der Waals surface area contributed by atoms with E-state index in [1.807, 2.05) is 64.2 Å². The molecule has 1 fully saturated rings. The largest absolute Gasteiger partial charge is 0.348 e. The summed E-state index contributed by atoms with van der Waals surface area (Å²) in [5.41, 5.74) is 2.43. The molecule has 2 aromatic rings. The minimum atomic E-state index is -0.480. The second kappa shape index (κ2) is 8.58. The van der Waals surface area contributed by atoms with E-state index in [4.69, 9.17) is 0 Å². The summed E-state index contributed by atoms with van der Waals surface area (Å²) in [6.07, 6.45) is 5.67. The highest BCUT2D eigenvalue weighted by molar-refractivity contribution is 5.84. The summed E-state index contributed by atoms with van der Waals surface area (Å²) in [6, 6.07) is 12.4. The number of hydrogen-bond donors (Lipinski definition) is 0. The molecule has 0 unspecified atom stereocenters. The van der Waals surface area contributed by atoms with Gasteiger partial charge in [-0.3, -0.25) is 14.6 Å². The van der Waals surface area contributed by atoms with Gasteiger partial charge in [0.15, 0.2) is 0 Å². The van der Waals surface area contributed by atoms with Crippen LogP contribution in [0, 0.1) is 10.8 Å². The Bertz CT molecular complexity index is 892. The number of carbonyl (C=O) groups excluding carboxylic acids is 2. The Balaban J connectivity index is 1.84. The second-order valence-corrected chi connectivity index (χ2v) is 9.64. The zero-order valence-electron chi connectivity index (χ0n) is 18.8. The van der Waals surface area contributed by atoms with Crippen LogP contribution in [0.5, 0.6) is 0 Å². The molecule has 2 heterocycles. The van der Waals surface area contributed by atoms with Crippen molar-refractivity contribution in [3.63, 3.8) is 0 Å². The summed E-state index contributed by atoms with van der Waals surface area (Å²) in [6.45, 7) is 7.10. The van der Waals surface area contributed by atoms with Crippen LogP contribution in [0.25, 0.3) is 11.1 Å². The first-order valence-electron chi connectivity index (χ1n) is 10.6. The Morgan fingerprint density at radius 2 is 1.73 bits per heavy atom. The highest BCUT2D eigenvalue weighted by Gasteiger charge is 2.44. The first-order valence-corrected chi connectivity index (χ1v) is 10.6. The van der Waals surface area contributed by atoms with Gasteiger partial charge >= 0.3 is 0 Å². The summed E-state index contributed by atoms with van der Waals surface area (Å²) in [5, 5.41) is 0. The van der Waals surface area contributed by atoms with Crippen molar-refractivity contribution in [2.24, 2.45) is 10.8 Å². The second-order valence-electron chi connectivity index (χ2n) is 9.64. The van der Waals surface area contributed by atoms with Crippen molar-refractivity contribution in [1.82, 2.24) is 14.8 Å². The standard InChI is InChI=1S/C25H33N3O2/c1-24(2,3)22(29)28-14-11-25(12-15-28,23(30)27(4)5)17-19-8-6-9-20(16-19)21-10-7-13-26-18-21/h6-10,13,16,18H,11-12,14-15,17H2,1-5H3. The first kappa shape index (κ1) is 22.0. The molecule has 0 aliphatic carbocycles. The number of amides is 2. The molecule has 3 rings (SSSR count). The monoisotopic (exact) mass is 407 g/mol. The number of hydrogen-bond acceptors (Lipinski definition) is 3. The molecule has 1 aromatic carbocycles. The van der Waals surface area contributed by atoms with Gasteiger partial charge in [-0.25, -0.2) is 0 Å². The fraction of sp³-hybridized carbons (Fsp3) is 0.480. The molecule has 0 N–H and O–H groups in total. The summed E-state index contributed by atoms with van der Waals surface area (Å²) in [5.74, 6) is 0.309. The molecular formula is C25H33N3O2. The Kier molecular flexibility index (Phi) is 6.30. The number of benzene rings is 1. The maximum atomic E-state index is 13.3. The third-order valence-electron chi connectivity index (χ3n) is 5.97. The smallest absolute Gasteiger partial charge is 0.228 e. The average Bonchev–Trinajstić information content (AvgIpc) is 2.73. The van der Waals surface area contributed by atoms with Gasteiger partial charge in [-0.2, -0.15) is 0 Å². The zero-order valence-corrected chi connectivity index (χ0v) is 18.8. The molecular weight excluding hydrogens is 374 g/mol. The van der Waals surface area contributed by atoms with Crippen LogP contribution in [0.1, 0.15) is 39.2 Å². The molecule has 0 spiro atoms. The van der Waals surface area contributed by atoms with Crippen LogP contribution < -0.4 is 0 Å². The Labute approximate surface area is 180 Å². The highest BCUT2D eigenvalue weighted by atomic mass is 16.2. The number of carbonyl (C=O) groups is 2. The normalized spacial score (nSPS) is 16.2. The number of piperidine rings is 1. The lowest BCUT2D eigenvalue weighted by molar-refractivity contribution is -0.149. The van der Waals surface area contributed by atoms with Crippen LogP contribution in [0.2, 0.25) is 0 Å². The summed E-state index contributed by atoms with van der Waals surface area (Å²) < 4.78 is 0. The molecule has 0 bridgehead atoms. The van der Waals surface area contributed by atoms with E-state index in [1.165, 1.54) is 0 Å². The zero-order chi connectivity index (χ0) is 21.9. The van der Waals surface area contributed by atoms with Gasteiger partial charge in [0.05, 0.1) is 5.41 Å². The Morgan fingerprint density at radius 3 is 2.30 bits per heavy atom. The van der Waals surface area contributed by atoms with E-state index in [1.54, 1.807) is 11.1 Å². The van der Waals surface area contributed by atoms with Crippen LogP contribution in [-0.2, 0) is 16.0 Å². The predicted octanol–water partition coefficient (Wildman–Crippen LogP) is 4.03. The molecule has 160 valence electrons. The van der Waals surface area contributed by atoms with Crippen molar-refractivity contribution < 1.29 is 9.59 Å². The van der Waals surface area contributed by atoms with Gasteiger partial charge in [0.2, 0.25) is 11.8 Å². The van der Waals surface area contributed by atoms with E-state index in [-0.39, 0.29) is 11.8 Å². The third-order valence-corrected chi connectivity index (χ3v) is 5.97. The topological polar surface area (TPSA) is 53.5 Å². The SMILES string of the molecule is CN(C)C(=O)C1(Cc2cccc(-c3cccnc3)c2)CCN(C(=O)C(C)(C)C)CC1. The van der Waals surface area contributed by atoms with Crippen LogP contribution in [0.4, 0.5) is 0 Å². The van der Waals surface area contributed by atoms with E-state index in [9.17, 15) is 9.59 Å². The quantitative estimate of drug-likeness (QED) is 0.769. The van der Waals surface area contributed by atoms with Crippen LogP contribution in [0.15, 0.2) is 48.8 Å². The molecule has 1 saturated heterocycles. The van der Waals surface area contributed by atoms with E-state index < -0.39 is 10.8 Å². The van der Waals surface area contributed by atoms with Crippen molar-refractivity contribution in [3.05, 3.63) is 54.4 Å². The van der Waals surface area contributed by atoms with E-state index in [0.29, 0.717) is 32.4 Å². The van der Waals surface area contributed by atoms with Crippen LogP contribution in [0.3, 0.4) is 0 Å². The Morgan fingerprint density at radius 1 is 1.07 bits per heavy atom. The predicted molar refractivity (Wildman–Crippen MR) is 120 cm³/mol. The molecule has 1 aliphatic rings. The molecule has 5 heteroatoms. The molecule has 30 heavy (non-hydrogen) atoms. The number of pyridine rings is 1. The minimum absolute atomic E-state index is 0.150. The molecule has 0 saturated carbocycles. The summed E-state index contributed by atoms with van der Waals surface area (Å²) >= 11 is 0. The minimum Gasteiger partial charge on any atom is -0.348 e. The first-order chi connectivity index (χ1) is 14.1.